The van der Waals surface area contributed by atoms with Crippen LogP contribution in [0.15, 0.2) is 18.2 Å². The lowest BCUT2D eigenvalue weighted by atomic mass is 10.0. The molecule has 0 saturated heterocycles. The summed E-state index contributed by atoms with van der Waals surface area (Å²) < 4.78 is 0. The number of carboxylic acid groups (broad SMARTS) is 1. The molecule has 0 aliphatic rings. The highest BCUT2D eigenvalue weighted by atomic mass is 16.4. The van der Waals surface area contributed by atoms with Gasteiger partial charge in [0.15, 0.2) is 0 Å². The van der Waals surface area contributed by atoms with E-state index < -0.39 is 5.97 Å². The van der Waals surface area contributed by atoms with Crippen LogP contribution in [-0.2, 0) is 13.2 Å². The van der Waals surface area contributed by atoms with Gasteiger partial charge in [-0.15, -0.1) is 0 Å². The summed E-state index contributed by atoms with van der Waals surface area (Å²) in [4.78, 5) is 10.7. The van der Waals surface area contributed by atoms with E-state index in [0.29, 0.717) is 12.1 Å². The van der Waals surface area contributed by atoms with Crippen LogP contribution in [0, 0.1) is 0 Å². The quantitative estimate of drug-likeness (QED) is 0.676. The van der Waals surface area contributed by atoms with Crippen molar-refractivity contribution >= 4 is 5.97 Å². The summed E-state index contributed by atoms with van der Waals surface area (Å²) in [5.74, 6) is -0.972. The fourth-order valence-corrected chi connectivity index (χ4v) is 1.34. The largest absolute Gasteiger partial charge is 0.478 e. The molecule has 0 bridgehead atoms. The Hall–Kier alpha value is -1.39. The third-order valence-corrected chi connectivity index (χ3v) is 2.19. The molecule has 0 aliphatic heterocycles. The first kappa shape index (κ1) is 11.7. The highest BCUT2D eigenvalue weighted by Crippen LogP contribution is 2.12. The Labute approximate surface area is 88.6 Å². The lowest BCUT2D eigenvalue weighted by molar-refractivity contribution is 0.0696. The summed E-state index contributed by atoms with van der Waals surface area (Å²) in [6, 6.07) is 4.79. The van der Waals surface area contributed by atoms with Crippen molar-refractivity contribution in [1.29, 1.82) is 0 Å². The minimum Gasteiger partial charge on any atom is -0.478 e. The van der Waals surface area contributed by atoms with Crippen LogP contribution in [0.4, 0.5) is 0 Å². The van der Waals surface area contributed by atoms with Gasteiger partial charge in [-0.05, 0) is 29.8 Å². The number of aliphatic hydroxyl groups is 1. The summed E-state index contributed by atoms with van der Waals surface area (Å²) in [6.07, 6.45) is 0. The molecule has 0 unspecified atom stereocenters. The Balaban J connectivity index is 2.93. The predicted octanol–water partition coefficient (Wildman–Crippen LogP) is 0.987. The standard InChI is InChI=1S/C11H15NO3/c1-2-12-6-9-4-3-8(11(14)15)5-10(9)7-13/h3-5,12-13H,2,6-7H2,1H3,(H,14,15). The first-order valence-corrected chi connectivity index (χ1v) is 4.85. The van der Waals surface area contributed by atoms with Crippen LogP contribution in [0.5, 0.6) is 0 Å². The molecule has 4 nitrogen and oxygen atoms in total. The molecule has 0 saturated carbocycles. The highest BCUT2D eigenvalue weighted by molar-refractivity contribution is 5.87. The molecule has 82 valence electrons. The van der Waals surface area contributed by atoms with E-state index in [4.69, 9.17) is 10.2 Å². The predicted molar refractivity (Wildman–Crippen MR) is 56.7 cm³/mol. The Bertz CT molecular complexity index is 350. The van der Waals surface area contributed by atoms with Crippen LogP contribution in [0.25, 0.3) is 0 Å². The van der Waals surface area contributed by atoms with Crippen molar-refractivity contribution in [1.82, 2.24) is 5.32 Å². The maximum atomic E-state index is 10.7. The van der Waals surface area contributed by atoms with Crippen molar-refractivity contribution in [3.63, 3.8) is 0 Å². The molecule has 4 heteroatoms. The number of benzene rings is 1. The molecule has 1 aromatic rings. The Morgan fingerprint density at radius 3 is 2.67 bits per heavy atom. The van der Waals surface area contributed by atoms with Gasteiger partial charge in [0.25, 0.3) is 0 Å². The number of carboxylic acids is 1. The van der Waals surface area contributed by atoms with Crippen molar-refractivity contribution in [2.24, 2.45) is 0 Å². The SMILES string of the molecule is CCNCc1ccc(C(=O)O)cc1CO. The average Bonchev–Trinajstić information content (AvgIpc) is 2.25. The molecule has 1 rings (SSSR count). The first-order valence-electron chi connectivity index (χ1n) is 4.85. The Kier molecular flexibility index (Phi) is 4.27. The van der Waals surface area contributed by atoms with E-state index in [1.807, 2.05) is 6.92 Å². The molecular formula is C11H15NO3. The molecule has 0 spiro atoms. The molecule has 15 heavy (non-hydrogen) atoms. The Morgan fingerprint density at radius 2 is 2.13 bits per heavy atom. The fourth-order valence-electron chi connectivity index (χ4n) is 1.34. The number of aliphatic hydroxyl groups excluding tert-OH is 1. The topological polar surface area (TPSA) is 69.6 Å². The molecule has 0 heterocycles. The average molecular weight is 209 g/mol. The van der Waals surface area contributed by atoms with Gasteiger partial charge in [0, 0.05) is 6.54 Å². The zero-order valence-electron chi connectivity index (χ0n) is 8.66. The third-order valence-electron chi connectivity index (χ3n) is 2.19. The zero-order chi connectivity index (χ0) is 11.3. The molecule has 0 amide bonds. The van der Waals surface area contributed by atoms with Crippen molar-refractivity contribution in [2.45, 2.75) is 20.1 Å². The van der Waals surface area contributed by atoms with E-state index in [1.54, 1.807) is 12.1 Å². The summed E-state index contributed by atoms with van der Waals surface area (Å²) in [5.41, 5.74) is 1.81. The van der Waals surface area contributed by atoms with Crippen molar-refractivity contribution in [3.8, 4) is 0 Å². The molecule has 3 N–H and O–H groups in total. The van der Waals surface area contributed by atoms with Crippen LogP contribution in [0.2, 0.25) is 0 Å². The van der Waals surface area contributed by atoms with E-state index in [-0.39, 0.29) is 12.2 Å². The van der Waals surface area contributed by atoms with E-state index in [1.165, 1.54) is 6.07 Å². The van der Waals surface area contributed by atoms with Gasteiger partial charge in [0.2, 0.25) is 0 Å². The van der Waals surface area contributed by atoms with E-state index in [2.05, 4.69) is 5.32 Å². The lowest BCUT2D eigenvalue weighted by Gasteiger charge is -2.08. The van der Waals surface area contributed by atoms with Crippen LogP contribution >= 0.6 is 0 Å². The maximum Gasteiger partial charge on any atom is 0.335 e. The molecular weight excluding hydrogens is 194 g/mol. The number of hydrogen-bond donors (Lipinski definition) is 3. The van der Waals surface area contributed by atoms with E-state index in [0.717, 1.165) is 12.1 Å². The second kappa shape index (κ2) is 5.48. The number of carbonyl (C=O) groups is 1. The molecule has 0 aromatic heterocycles. The minimum atomic E-state index is -0.972. The number of nitrogens with one attached hydrogen (secondary N) is 1. The summed E-state index contributed by atoms with van der Waals surface area (Å²) in [6.45, 7) is 3.34. The van der Waals surface area contributed by atoms with Gasteiger partial charge in [0.05, 0.1) is 12.2 Å². The van der Waals surface area contributed by atoms with Crippen LogP contribution in [0.3, 0.4) is 0 Å². The summed E-state index contributed by atoms with van der Waals surface area (Å²) in [5, 5.41) is 21.0. The third kappa shape index (κ3) is 3.04. The van der Waals surface area contributed by atoms with Gasteiger partial charge in [0.1, 0.15) is 0 Å². The van der Waals surface area contributed by atoms with Crippen molar-refractivity contribution < 1.29 is 15.0 Å². The number of aromatic carboxylic acids is 1. The monoisotopic (exact) mass is 209 g/mol. The van der Waals surface area contributed by atoms with E-state index in [9.17, 15) is 4.79 Å². The number of hydrogen-bond acceptors (Lipinski definition) is 3. The smallest absolute Gasteiger partial charge is 0.335 e. The molecule has 0 atom stereocenters. The number of rotatable bonds is 5. The van der Waals surface area contributed by atoms with Gasteiger partial charge in [-0.3, -0.25) is 0 Å². The highest BCUT2D eigenvalue weighted by Gasteiger charge is 2.07. The van der Waals surface area contributed by atoms with Crippen molar-refractivity contribution in [3.05, 3.63) is 34.9 Å². The van der Waals surface area contributed by atoms with Gasteiger partial charge in [-0.1, -0.05) is 13.0 Å². The van der Waals surface area contributed by atoms with Gasteiger partial charge in [-0.25, -0.2) is 4.79 Å². The van der Waals surface area contributed by atoms with Crippen LogP contribution in [0.1, 0.15) is 28.4 Å². The molecule has 1 aromatic carbocycles. The lowest BCUT2D eigenvalue weighted by Crippen LogP contribution is -2.14. The molecule has 0 aliphatic carbocycles. The van der Waals surface area contributed by atoms with Gasteiger partial charge >= 0.3 is 5.97 Å². The van der Waals surface area contributed by atoms with E-state index >= 15 is 0 Å². The summed E-state index contributed by atoms with van der Waals surface area (Å²) in [7, 11) is 0. The molecule has 0 fully saturated rings. The summed E-state index contributed by atoms with van der Waals surface area (Å²) >= 11 is 0. The Morgan fingerprint density at radius 1 is 1.40 bits per heavy atom. The second-order valence-corrected chi connectivity index (χ2v) is 3.23. The zero-order valence-corrected chi connectivity index (χ0v) is 8.66. The molecule has 0 radical (unpaired) electrons. The maximum absolute atomic E-state index is 10.7. The minimum absolute atomic E-state index is 0.137. The van der Waals surface area contributed by atoms with Gasteiger partial charge < -0.3 is 15.5 Å². The first-order chi connectivity index (χ1) is 7.19. The second-order valence-electron chi connectivity index (χ2n) is 3.23. The fraction of sp³-hybridized carbons (Fsp3) is 0.364. The van der Waals surface area contributed by atoms with Crippen LogP contribution in [-0.4, -0.2) is 22.7 Å². The van der Waals surface area contributed by atoms with Crippen LogP contribution < -0.4 is 5.32 Å². The normalized spacial score (nSPS) is 10.3. The van der Waals surface area contributed by atoms with Crippen molar-refractivity contribution in [2.75, 3.05) is 6.54 Å². The van der Waals surface area contributed by atoms with Gasteiger partial charge in [-0.2, -0.15) is 0 Å².